The summed E-state index contributed by atoms with van der Waals surface area (Å²) in [5.74, 6) is -1.86. The Hall–Kier alpha value is -2.75. The third-order valence-corrected chi connectivity index (χ3v) is 2.57. The maximum absolute atomic E-state index is 11.7. The van der Waals surface area contributed by atoms with Crippen LogP contribution in [0.4, 0.5) is 0 Å². The van der Waals surface area contributed by atoms with Crippen molar-refractivity contribution in [3.63, 3.8) is 0 Å². The van der Waals surface area contributed by atoms with E-state index in [1.807, 2.05) is 0 Å². The third kappa shape index (κ3) is 3.63. The second-order valence-corrected chi connectivity index (χ2v) is 4.00. The molecular weight excluding hydrogens is 276 g/mol. The van der Waals surface area contributed by atoms with Crippen LogP contribution in [-0.4, -0.2) is 35.2 Å². The highest BCUT2D eigenvalue weighted by molar-refractivity contribution is 6.00. The van der Waals surface area contributed by atoms with E-state index in [4.69, 9.17) is 14.7 Å². The molecule has 0 aliphatic rings. The molecule has 112 valence electrons. The van der Waals surface area contributed by atoms with Crippen LogP contribution in [0.25, 0.3) is 6.08 Å². The van der Waals surface area contributed by atoms with E-state index in [9.17, 15) is 14.7 Å². The molecule has 0 bridgehead atoms. The van der Waals surface area contributed by atoms with Crippen molar-refractivity contribution in [2.45, 2.75) is 20.8 Å². The minimum absolute atomic E-state index is 0.0238. The number of nitrogens with zero attached hydrogens (tertiary/aromatic N) is 1. The summed E-state index contributed by atoms with van der Waals surface area (Å²) in [4.78, 5) is 26.0. The molecule has 0 aliphatic carbocycles. The fraction of sp³-hybridized carbons (Fsp3) is 0.357. The Balaban J connectivity index is 3.21. The number of H-pyrrole nitrogens is 1. The summed E-state index contributed by atoms with van der Waals surface area (Å²) in [6, 6.07) is 1.68. The summed E-state index contributed by atoms with van der Waals surface area (Å²) in [5.41, 5.74) is 0.131. The van der Waals surface area contributed by atoms with Gasteiger partial charge >= 0.3 is 11.9 Å². The number of carbonyl (C=O) groups excluding carboxylic acids is 2. The lowest BCUT2D eigenvalue weighted by Gasteiger charge is -2.01. The SMILES string of the molecule is CCOC(=O)/C(C#N)=C/c1[nH]c(C)c(C(=O)OCC)c1O. The molecule has 7 heteroatoms. The van der Waals surface area contributed by atoms with E-state index in [1.165, 1.54) is 0 Å². The second kappa shape index (κ2) is 7.14. The summed E-state index contributed by atoms with van der Waals surface area (Å²) >= 11 is 0. The standard InChI is InChI=1S/C14H16N2O5/c1-4-20-13(18)9(7-15)6-10-12(17)11(8(3)16-10)14(19)21-5-2/h6,16-17H,4-5H2,1-3H3/b9-6+. The highest BCUT2D eigenvalue weighted by Gasteiger charge is 2.22. The number of nitrogens with one attached hydrogen (secondary N) is 1. The van der Waals surface area contributed by atoms with Gasteiger partial charge in [-0.2, -0.15) is 5.26 Å². The highest BCUT2D eigenvalue weighted by atomic mass is 16.5. The molecule has 0 spiro atoms. The smallest absolute Gasteiger partial charge is 0.348 e. The number of rotatable bonds is 5. The Labute approximate surface area is 121 Å². The Morgan fingerprint density at radius 1 is 1.33 bits per heavy atom. The fourth-order valence-corrected chi connectivity index (χ4v) is 1.68. The number of esters is 2. The number of nitriles is 1. The summed E-state index contributed by atoms with van der Waals surface area (Å²) in [6.07, 6.45) is 1.13. The summed E-state index contributed by atoms with van der Waals surface area (Å²) in [5, 5.41) is 19.0. The number of hydrogen-bond acceptors (Lipinski definition) is 6. The average Bonchev–Trinajstić information content (AvgIpc) is 2.71. The van der Waals surface area contributed by atoms with Crippen molar-refractivity contribution in [2.75, 3.05) is 13.2 Å². The second-order valence-electron chi connectivity index (χ2n) is 4.00. The molecular formula is C14H16N2O5. The first-order valence-corrected chi connectivity index (χ1v) is 6.33. The van der Waals surface area contributed by atoms with E-state index >= 15 is 0 Å². The lowest BCUT2D eigenvalue weighted by molar-refractivity contribution is -0.137. The Morgan fingerprint density at radius 2 is 1.95 bits per heavy atom. The van der Waals surface area contributed by atoms with Gasteiger partial charge in [-0.1, -0.05) is 0 Å². The van der Waals surface area contributed by atoms with E-state index in [0.717, 1.165) is 6.08 Å². The van der Waals surface area contributed by atoms with Gasteiger partial charge < -0.3 is 19.6 Å². The predicted octanol–water partition coefficient (Wildman–Crippen LogP) is 1.68. The number of aryl methyl sites for hydroxylation is 1. The number of hydrogen-bond donors (Lipinski definition) is 2. The minimum atomic E-state index is -0.802. The first-order valence-electron chi connectivity index (χ1n) is 6.33. The van der Waals surface area contributed by atoms with Crippen LogP contribution < -0.4 is 0 Å². The maximum Gasteiger partial charge on any atom is 0.348 e. The van der Waals surface area contributed by atoms with Gasteiger partial charge in [0.25, 0.3) is 0 Å². The number of carbonyl (C=O) groups is 2. The molecule has 0 saturated carbocycles. The van der Waals surface area contributed by atoms with Crippen molar-refractivity contribution in [2.24, 2.45) is 0 Å². The molecule has 1 aromatic rings. The lowest BCUT2D eigenvalue weighted by Crippen LogP contribution is -2.06. The van der Waals surface area contributed by atoms with Crippen LogP contribution in [0.15, 0.2) is 5.57 Å². The zero-order chi connectivity index (χ0) is 16.0. The van der Waals surface area contributed by atoms with Crippen molar-refractivity contribution in [1.82, 2.24) is 4.98 Å². The molecule has 0 fully saturated rings. The van der Waals surface area contributed by atoms with Crippen LogP contribution in [0.1, 0.15) is 35.6 Å². The van der Waals surface area contributed by atoms with Gasteiger partial charge in [0.2, 0.25) is 0 Å². The maximum atomic E-state index is 11.7. The molecule has 1 heterocycles. The molecule has 21 heavy (non-hydrogen) atoms. The Kier molecular flexibility index (Phi) is 5.55. The summed E-state index contributed by atoms with van der Waals surface area (Å²) in [7, 11) is 0. The van der Waals surface area contributed by atoms with Gasteiger partial charge in [-0.15, -0.1) is 0 Å². The van der Waals surface area contributed by atoms with Crippen LogP contribution in [0.3, 0.4) is 0 Å². The van der Waals surface area contributed by atoms with E-state index < -0.39 is 11.9 Å². The first-order chi connectivity index (χ1) is 9.96. The van der Waals surface area contributed by atoms with Gasteiger partial charge in [-0.25, -0.2) is 9.59 Å². The van der Waals surface area contributed by atoms with Crippen molar-refractivity contribution >= 4 is 18.0 Å². The molecule has 0 amide bonds. The predicted molar refractivity (Wildman–Crippen MR) is 73.4 cm³/mol. The Bertz CT molecular complexity index is 622. The van der Waals surface area contributed by atoms with Crippen LogP contribution in [0, 0.1) is 18.3 Å². The molecule has 0 aliphatic heterocycles. The molecule has 0 aromatic carbocycles. The highest BCUT2D eigenvalue weighted by Crippen LogP contribution is 2.28. The lowest BCUT2D eigenvalue weighted by atomic mass is 10.2. The zero-order valence-corrected chi connectivity index (χ0v) is 12.0. The van der Waals surface area contributed by atoms with Crippen molar-refractivity contribution in [3.05, 3.63) is 22.5 Å². The van der Waals surface area contributed by atoms with Crippen molar-refractivity contribution in [1.29, 1.82) is 5.26 Å². The normalized spacial score (nSPS) is 10.9. The molecule has 1 rings (SSSR count). The van der Waals surface area contributed by atoms with Gasteiger partial charge in [0.05, 0.1) is 18.9 Å². The number of aromatic hydroxyl groups is 1. The van der Waals surface area contributed by atoms with Crippen LogP contribution in [0.2, 0.25) is 0 Å². The monoisotopic (exact) mass is 292 g/mol. The van der Waals surface area contributed by atoms with Crippen LogP contribution in [-0.2, 0) is 14.3 Å². The number of aromatic amines is 1. The largest absolute Gasteiger partial charge is 0.505 e. The fourth-order valence-electron chi connectivity index (χ4n) is 1.68. The van der Waals surface area contributed by atoms with Crippen LogP contribution in [0.5, 0.6) is 5.75 Å². The molecule has 7 nitrogen and oxygen atoms in total. The van der Waals surface area contributed by atoms with Gasteiger partial charge in [-0.3, -0.25) is 0 Å². The molecule has 0 saturated heterocycles. The number of ether oxygens (including phenoxy) is 2. The van der Waals surface area contributed by atoms with Crippen LogP contribution >= 0.6 is 0 Å². The topological polar surface area (TPSA) is 112 Å². The average molecular weight is 292 g/mol. The number of aromatic nitrogens is 1. The summed E-state index contributed by atoms with van der Waals surface area (Å²) < 4.78 is 9.54. The molecule has 1 aromatic heterocycles. The summed E-state index contributed by atoms with van der Waals surface area (Å²) in [6.45, 7) is 5.12. The zero-order valence-electron chi connectivity index (χ0n) is 12.0. The molecule has 2 N–H and O–H groups in total. The Morgan fingerprint density at radius 3 is 2.48 bits per heavy atom. The first kappa shape index (κ1) is 16.3. The van der Waals surface area contributed by atoms with Crippen molar-refractivity contribution < 1.29 is 24.2 Å². The van der Waals surface area contributed by atoms with Gasteiger partial charge in [0.15, 0.2) is 5.75 Å². The van der Waals surface area contributed by atoms with Gasteiger partial charge in [0, 0.05) is 5.69 Å². The van der Waals surface area contributed by atoms with E-state index in [2.05, 4.69) is 4.98 Å². The third-order valence-electron chi connectivity index (χ3n) is 2.57. The molecule has 0 unspecified atom stereocenters. The van der Waals surface area contributed by atoms with E-state index in [1.54, 1.807) is 26.8 Å². The van der Waals surface area contributed by atoms with E-state index in [0.29, 0.717) is 5.69 Å². The van der Waals surface area contributed by atoms with Gasteiger partial charge in [0.1, 0.15) is 17.2 Å². The van der Waals surface area contributed by atoms with Gasteiger partial charge in [-0.05, 0) is 26.8 Å². The minimum Gasteiger partial charge on any atom is -0.505 e. The molecule has 0 radical (unpaired) electrons. The quantitative estimate of drug-likeness (QED) is 0.485. The molecule has 0 atom stereocenters. The van der Waals surface area contributed by atoms with Crippen molar-refractivity contribution in [3.8, 4) is 11.8 Å². The van der Waals surface area contributed by atoms with E-state index in [-0.39, 0.29) is 35.8 Å².